The fraction of sp³-hybridized carbons (Fsp3) is 0.611. The highest BCUT2D eigenvalue weighted by Gasteiger charge is 2.52. The van der Waals surface area contributed by atoms with E-state index in [0.29, 0.717) is 11.2 Å². The van der Waals surface area contributed by atoms with Crippen molar-refractivity contribution < 1.29 is 19.2 Å². The van der Waals surface area contributed by atoms with Gasteiger partial charge in [0.2, 0.25) is 11.8 Å². The van der Waals surface area contributed by atoms with Gasteiger partial charge in [-0.1, -0.05) is 43.3 Å². The fourth-order valence-electron chi connectivity index (χ4n) is 8.28. The molecule has 11 nitrogen and oxygen atoms in total. The van der Waals surface area contributed by atoms with Crippen molar-refractivity contribution in [3.05, 3.63) is 52.9 Å². The van der Waals surface area contributed by atoms with Crippen molar-refractivity contribution in [3.63, 3.8) is 0 Å². The number of likely N-dealkylation sites (tertiary alicyclic amines) is 2. The molecule has 3 aromatic rings. The van der Waals surface area contributed by atoms with Gasteiger partial charge >= 0.3 is 0 Å². The molecule has 2 unspecified atom stereocenters. The van der Waals surface area contributed by atoms with Gasteiger partial charge in [-0.15, -0.1) is 11.3 Å². The summed E-state index contributed by atoms with van der Waals surface area (Å²) in [4.78, 5) is 39.6. The van der Waals surface area contributed by atoms with Crippen molar-refractivity contribution in [2.45, 2.75) is 71.1 Å². The number of rotatable bonds is 10. The van der Waals surface area contributed by atoms with Crippen LogP contribution in [-0.4, -0.2) is 101 Å². The number of piperidine rings is 1. The van der Waals surface area contributed by atoms with E-state index in [4.69, 9.17) is 4.52 Å². The van der Waals surface area contributed by atoms with Gasteiger partial charge in [0.05, 0.1) is 28.2 Å². The lowest BCUT2D eigenvalue weighted by atomic mass is 9.72. The van der Waals surface area contributed by atoms with Gasteiger partial charge in [0, 0.05) is 57.2 Å². The van der Waals surface area contributed by atoms with E-state index in [1.165, 1.54) is 19.4 Å². The molecule has 4 atom stereocenters. The Hall–Kier alpha value is -3.32. The van der Waals surface area contributed by atoms with Crippen LogP contribution < -0.4 is 15.5 Å². The van der Waals surface area contributed by atoms with E-state index < -0.39 is 18.1 Å². The molecule has 3 N–H and O–H groups in total. The molecule has 0 radical (unpaired) electrons. The first-order chi connectivity index (χ1) is 23.1. The molecule has 4 fully saturated rings. The number of aryl methyl sites for hydroxylation is 1. The van der Waals surface area contributed by atoms with E-state index in [0.717, 1.165) is 72.7 Å². The highest BCUT2D eigenvalue weighted by atomic mass is 32.1. The van der Waals surface area contributed by atoms with Crippen LogP contribution in [0.25, 0.3) is 10.4 Å². The fourth-order valence-corrected chi connectivity index (χ4v) is 9.09. The molecule has 1 aromatic carbocycles. The molecule has 1 spiro atoms. The number of hydrogen-bond acceptors (Lipinski definition) is 10. The van der Waals surface area contributed by atoms with Crippen molar-refractivity contribution in [3.8, 4) is 10.4 Å². The molecule has 4 saturated heterocycles. The van der Waals surface area contributed by atoms with E-state index in [1.807, 2.05) is 63.5 Å². The number of anilines is 1. The number of hydrogen-bond donors (Lipinski definition) is 3. The number of nitrogens with one attached hydrogen (secondary N) is 2. The molecular formula is C36H49N7O4S. The first-order valence-corrected chi connectivity index (χ1v) is 18.4. The van der Waals surface area contributed by atoms with Crippen LogP contribution in [0.5, 0.6) is 0 Å². The minimum Gasteiger partial charge on any atom is -0.391 e. The molecule has 6 heterocycles. The van der Waals surface area contributed by atoms with Crippen LogP contribution >= 0.6 is 11.3 Å². The third kappa shape index (κ3) is 6.64. The molecule has 7 rings (SSSR count). The van der Waals surface area contributed by atoms with Gasteiger partial charge in [-0.3, -0.25) is 9.59 Å². The number of carbonyl (C=O) groups is 2. The zero-order chi connectivity index (χ0) is 33.6. The number of thiazole rings is 1. The molecule has 4 aliphatic heterocycles. The maximum Gasteiger partial charge on any atom is 0.243 e. The Balaban J connectivity index is 0.960. The molecule has 0 aliphatic carbocycles. The van der Waals surface area contributed by atoms with Gasteiger partial charge in [-0.25, -0.2) is 4.98 Å². The number of aliphatic hydroxyl groups is 1. The largest absolute Gasteiger partial charge is 0.391 e. The average Bonchev–Trinajstić information content (AvgIpc) is 3.78. The smallest absolute Gasteiger partial charge is 0.243 e. The Morgan fingerprint density at radius 2 is 1.85 bits per heavy atom. The second-order valence-corrected chi connectivity index (χ2v) is 15.9. The van der Waals surface area contributed by atoms with E-state index in [-0.39, 0.29) is 36.7 Å². The first kappa shape index (κ1) is 33.2. The summed E-state index contributed by atoms with van der Waals surface area (Å²) in [6.07, 6.45) is 1.98. The third-order valence-electron chi connectivity index (χ3n) is 10.9. The van der Waals surface area contributed by atoms with Crippen LogP contribution in [0, 0.1) is 24.2 Å². The highest BCUT2D eigenvalue weighted by Crippen LogP contribution is 2.43. The summed E-state index contributed by atoms with van der Waals surface area (Å²) in [7, 11) is 0. The monoisotopic (exact) mass is 675 g/mol. The molecule has 258 valence electrons. The molecule has 2 amide bonds. The number of β-amino-alcohol motifs (C(OH)–C–C–N with tert-alkyl or cyclic N) is 1. The molecular weight excluding hydrogens is 627 g/mol. The van der Waals surface area contributed by atoms with E-state index in [2.05, 4.69) is 30.6 Å². The highest BCUT2D eigenvalue weighted by molar-refractivity contribution is 7.13. The minimum absolute atomic E-state index is 0.0858. The summed E-state index contributed by atoms with van der Waals surface area (Å²) in [6, 6.07) is 8.99. The third-order valence-corrected chi connectivity index (χ3v) is 11.8. The number of aromatic nitrogens is 2. The second-order valence-electron chi connectivity index (χ2n) is 15.0. The summed E-state index contributed by atoms with van der Waals surface area (Å²) < 4.78 is 5.83. The molecule has 4 aliphatic rings. The topological polar surface area (TPSA) is 127 Å². The van der Waals surface area contributed by atoms with Crippen LogP contribution in [0.15, 0.2) is 40.4 Å². The van der Waals surface area contributed by atoms with Crippen molar-refractivity contribution in [2.24, 2.45) is 17.3 Å². The standard InChI is InChI=1S/C36H49N7O4S/c1-22(2)32(30-14-31(40-47-30)42-19-36(20-42)17-41(18-36)15-25-9-11-37-12-10-25)35(46)43-16-28(44)13-29(43)34(45)39-23(3)26-5-7-27(8-6-26)33-24(4)38-21-48-33/h5-8,14,21-23,25,28-29,32,37,44H,9-13,15-20H2,1-4H3,(H,39,45)/t23?,28-,29+,32?/m1/s1. The predicted octanol–water partition coefficient (Wildman–Crippen LogP) is 3.81. The lowest BCUT2D eigenvalue weighted by Crippen LogP contribution is -2.72. The number of benzene rings is 1. The van der Waals surface area contributed by atoms with Crippen LogP contribution in [0.4, 0.5) is 5.82 Å². The minimum atomic E-state index is -0.769. The Morgan fingerprint density at radius 1 is 1.12 bits per heavy atom. The van der Waals surface area contributed by atoms with Gasteiger partial charge in [-0.05, 0) is 62.7 Å². The Morgan fingerprint density at radius 3 is 2.52 bits per heavy atom. The zero-order valence-corrected chi connectivity index (χ0v) is 29.3. The van der Waals surface area contributed by atoms with Crippen LogP contribution in [0.3, 0.4) is 0 Å². The quantitative estimate of drug-likeness (QED) is 0.294. The summed E-state index contributed by atoms with van der Waals surface area (Å²) in [5, 5.41) is 21.6. The van der Waals surface area contributed by atoms with Gasteiger partial charge in [0.25, 0.3) is 0 Å². The average molecular weight is 676 g/mol. The molecule has 0 saturated carbocycles. The number of amides is 2. The van der Waals surface area contributed by atoms with Crippen molar-refractivity contribution in [2.75, 3.05) is 57.3 Å². The van der Waals surface area contributed by atoms with E-state index in [9.17, 15) is 14.7 Å². The van der Waals surface area contributed by atoms with Crippen molar-refractivity contribution in [1.82, 2.24) is 30.6 Å². The predicted molar refractivity (Wildman–Crippen MR) is 186 cm³/mol. The Labute approximate surface area is 287 Å². The first-order valence-electron chi connectivity index (χ1n) is 17.5. The maximum absolute atomic E-state index is 14.1. The lowest BCUT2D eigenvalue weighted by molar-refractivity contribution is -0.141. The lowest BCUT2D eigenvalue weighted by Gasteiger charge is -2.61. The Kier molecular flexibility index (Phi) is 9.36. The van der Waals surface area contributed by atoms with Gasteiger partial charge in [0.15, 0.2) is 11.6 Å². The van der Waals surface area contributed by atoms with Crippen LogP contribution in [-0.2, 0) is 9.59 Å². The molecule has 12 heteroatoms. The molecule has 48 heavy (non-hydrogen) atoms. The summed E-state index contributed by atoms with van der Waals surface area (Å²) in [6.45, 7) is 15.7. The summed E-state index contributed by atoms with van der Waals surface area (Å²) >= 11 is 1.61. The SMILES string of the molecule is Cc1ncsc1-c1ccc(C(C)NC(=O)[C@@H]2C[C@@H](O)CN2C(=O)C(c2cc(N3CC4(CN(CC5CCNCC5)C4)C3)no2)C(C)C)cc1. The zero-order valence-electron chi connectivity index (χ0n) is 28.5. The van der Waals surface area contributed by atoms with Crippen LogP contribution in [0.2, 0.25) is 0 Å². The van der Waals surface area contributed by atoms with Crippen molar-refractivity contribution >= 4 is 29.0 Å². The van der Waals surface area contributed by atoms with Gasteiger partial charge in [-0.2, -0.15) is 0 Å². The Bertz CT molecular complexity index is 1590. The molecule has 2 aromatic heterocycles. The second kappa shape index (κ2) is 13.5. The number of carbonyl (C=O) groups excluding carboxylic acids is 2. The summed E-state index contributed by atoms with van der Waals surface area (Å²) in [5.74, 6) is 0.920. The van der Waals surface area contributed by atoms with Gasteiger partial charge < -0.3 is 35.0 Å². The summed E-state index contributed by atoms with van der Waals surface area (Å²) in [5.41, 5.74) is 5.23. The van der Waals surface area contributed by atoms with Crippen molar-refractivity contribution in [1.29, 1.82) is 0 Å². The van der Waals surface area contributed by atoms with Gasteiger partial charge in [0.1, 0.15) is 12.0 Å². The number of aliphatic hydroxyl groups excluding tert-OH is 1. The van der Waals surface area contributed by atoms with E-state index in [1.54, 1.807) is 16.2 Å². The normalized spacial score (nSPS) is 24.0. The van der Waals surface area contributed by atoms with Crippen LogP contribution in [0.1, 0.15) is 69.0 Å². The molecule has 0 bridgehead atoms. The van der Waals surface area contributed by atoms with E-state index >= 15 is 0 Å². The number of nitrogens with zero attached hydrogens (tertiary/aromatic N) is 5. The maximum atomic E-state index is 14.1.